The molecular formula is C20H17BrCl2F3N3OS2. The molecule has 1 atom stereocenters. The summed E-state index contributed by atoms with van der Waals surface area (Å²) in [7, 11) is 0. The number of benzene rings is 1. The number of alkyl halides is 3. The Morgan fingerprint density at radius 1 is 1.31 bits per heavy atom. The van der Waals surface area contributed by atoms with Crippen LogP contribution in [0.1, 0.15) is 30.2 Å². The lowest BCUT2D eigenvalue weighted by molar-refractivity contribution is -0.275. The van der Waals surface area contributed by atoms with Gasteiger partial charge in [0.25, 0.3) is 5.60 Å². The maximum Gasteiger partial charge on any atom is 0.435 e. The van der Waals surface area contributed by atoms with Crippen molar-refractivity contribution < 1.29 is 18.0 Å². The van der Waals surface area contributed by atoms with Gasteiger partial charge in [-0.25, -0.2) is 0 Å². The number of hydrogen-bond donors (Lipinski definition) is 1. The summed E-state index contributed by atoms with van der Waals surface area (Å²) in [6.07, 6.45) is -3.81. The zero-order chi connectivity index (χ0) is 23.5. The Labute approximate surface area is 211 Å². The van der Waals surface area contributed by atoms with Crippen molar-refractivity contribution in [3.8, 4) is 0 Å². The zero-order valence-electron chi connectivity index (χ0n) is 16.6. The van der Waals surface area contributed by atoms with E-state index < -0.39 is 18.2 Å². The molecule has 2 heterocycles. The highest BCUT2D eigenvalue weighted by atomic mass is 79.9. The van der Waals surface area contributed by atoms with Gasteiger partial charge in [0.05, 0.1) is 22.1 Å². The Morgan fingerprint density at radius 2 is 2.06 bits per heavy atom. The van der Waals surface area contributed by atoms with E-state index in [4.69, 9.17) is 40.3 Å². The van der Waals surface area contributed by atoms with Gasteiger partial charge in [-0.2, -0.15) is 24.9 Å². The Balaban J connectivity index is 1.80. The van der Waals surface area contributed by atoms with Crippen molar-refractivity contribution in [2.45, 2.75) is 31.7 Å². The fraction of sp³-hybridized carbons (Fsp3) is 0.350. The van der Waals surface area contributed by atoms with Crippen LogP contribution < -0.4 is 5.32 Å². The molecule has 0 aliphatic carbocycles. The zero-order valence-corrected chi connectivity index (χ0v) is 21.3. The molecule has 0 radical (unpaired) electrons. The third-order valence-corrected chi connectivity index (χ3v) is 7.67. The van der Waals surface area contributed by atoms with Crippen LogP contribution in [0.25, 0.3) is 0 Å². The Morgan fingerprint density at radius 3 is 2.69 bits per heavy atom. The van der Waals surface area contributed by atoms with Crippen LogP contribution in [0.4, 0.5) is 13.2 Å². The van der Waals surface area contributed by atoms with E-state index in [-0.39, 0.29) is 22.0 Å². The highest BCUT2D eigenvalue weighted by Crippen LogP contribution is 2.49. The minimum atomic E-state index is -4.74. The van der Waals surface area contributed by atoms with E-state index in [1.165, 1.54) is 30.5 Å². The second-order valence-electron chi connectivity index (χ2n) is 6.83. The first-order chi connectivity index (χ1) is 15.1. The number of oxime groups is 1. The molecule has 0 amide bonds. The van der Waals surface area contributed by atoms with Crippen molar-refractivity contribution >= 4 is 73.8 Å². The minimum Gasteiger partial charge on any atom is -0.375 e. The lowest BCUT2D eigenvalue weighted by Gasteiger charge is -2.29. The van der Waals surface area contributed by atoms with Gasteiger partial charge < -0.3 is 10.2 Å². The third kappa shape index (κ3) is 5.52. The van der Waals surface area contributed by atoms with E-state index >= 15 is 0 Å². The van der Waals surface area contributed by atoms with E-state index in [0.717, 1.165) is 5.75 Å². The van der Waals surface area contributed by atoms with Crippen LogP contribution in [0.5, 0.6) is 0 Å². The van der Waals surface area contributed by atoms with Crippen LogP contribution in [0.2, 0.25) is 10.0 Å². The van der Waals surface area contributed by atoms with Gasteiger partial charge in [0.1, 0.15) is 5.71 Å². The summed E-state index contributed by atoms with van der Waals surface area (Å²) in [5, 5.41) is 7.28. The monoisotopic (exact) mass is 585 g/mol. The lowest BCUT2D eigenvalue weighted by Crippen LogP contribution is -2.42. The van der Waals surface area contributed by atoms with E-state index in [0.29, 0.717) is 32.3 Å². The van der Waals surface area contributed by atoms with Crippen LogP contribution in [0, 0.1) is 0 Å². The van der Waals surface area contributed by atoms with E-state index in [2.05, 4.69) is 31.4 Å². The summed E-state index contributed by atoms with van der Waals surface area (Å²) in [6, 6.07) is 5.43. The van der Waals surface area contributed by atoms with Gasteiger partial charge in [0.15, 0.2) is 0 Å². The fourth-order valence-electron chi connectivity index (χ4n) is 2.98. The quantitative estimate of drug-likeness (QED) is 0.357. The second-order valence-corrected chi connectivity index (χ2v) is 10.3. The molecule has 0 saturated heterocycles. The first-order valence-corrected chi connectivity index (χ1v) is 12.4. The van der Waals surface area contributed by atoms with Gasteiger partial charge in [-0.05, 0) is 39.9 Å². The van der Waals surface area contributed by atoms with Crippen molar-refractivity contribution in [2.75, 3.05) is 11.5 Å². The van der Waals surface area contributed by atoms with Crippen LogP contribution >= 0.6 is 63.1 Å². The molecule has 1 aromatic carbocycles. The van der Waals surface area contributed by atoms with E-state index in [1.807, 2.05) is 6.92 Å². The van der Waals surface area contributed by atoms with Gasteiger partial charge in [0, 0.05) is 39.1 Å². The predicted octanol–water partition coefficient (Wildman–Crippen LogP) is 6.90. The molecule has 32 heavy (non-hydrogen) atoms. The third-order valence-electron chi connectivity index (χ3n) is 4.71. The topological polar surface area (TPSA) is 46.5 Å². The molecule has 4 nitrogen and oxygen atoms in total. The molecule has 1 aromatic heterocycles. The molecule has 0 bridgehead atoms. The number of hydrogen-bond acceptors (Lipinski definition) is 5. The first kappa shape index (κ1) is 25.6. The standard InChI is InChI=1S/C20H17BrCl2F3N3OS2/c1-2-32-10-18(31)28-9-11-8-27-16(6-14(11)22)17-7-19(30-29-17,20(24,25)26)12-3-4-13(21)15(23)5-12/h3-6,8H,2,7,9-10H2,1H3,(H,28,31). The fourth-order valence-corrected chi connectivity index (χ4v) is 4.43. The van der Waals surface area contributed by atoms with Gasteiger partial charge in [-0.15, -0.1) is 0 Å². The molecule has 1 N–H and O–H groups in total. The van der Waals surface area contributed by atoms with Crippen molar-refractivity contribution in [3.05, 3.63) is 61.8 Å². The van der Waals surface area contributed by atoms with Crippen molar-refractivity contribution in [2.24, 2.45) is 5.16 Å². The smallest absolute Gasteiger partial charge is 0.375 e. The summed E-state index contributed by atoms with van der Waals surface area (Å²) in [5.74, 6) is 1.65. The molecule has 1 aliphatic heterocycles. The lowest BCUT2D eigenvalue weighted by atomic mass is 9.87. The molecule has 0 fully saturated rings. The van der Waals surface area contributed by atoms with Crippen molar-refractivity contribution in [1.29, 1.82) is 0 Å². The molecule has 2 aromatic rings. The summed E-state index contributed by atoms with van der Waals surface area (Å²) in [4.78, 5) is 9.95. The molecule has 0 spiro atoms. The number of nitrogens with one attached hydrogen (secondary N) is 1. The number of pyridine rings is 1. The number of thiocarbonyl (C=S) groups is 1. The molecular weight excluding hydrogens is 570 g/mol. The van der Waals surface area contributed by atoms with Crippen molar-refractivity contribution in [1.82, 2.24) is 10.3 Å². The Bertz CT molecular complexity index is 1060. The first-order valence-electron chi connectivity index (χ1n) is 9.34. The summed E-state index contributed by atoms with van der Waals surface area (Å²) in [5.41, 5.74) is -1.90. The number of nitrogens with zero attached hydrogens (tertiary/aromatic N) is 2. The van der Waals surface area contributed by atoms with Crippen LogP contribution in [-0.4, -0.2) is 33.4 Å². The summed E-state index contributed by atoms with van der Waals surface area (Å²) < 4.78 is 42.8. The van der Waals surface area contributed by atoms with E-state index in [9.17, 15) is 13.2 Å². The van der Waals surface area contributed by atoms with Gasteiger partial charge >= 0.3 is 6.18 Å². The van der Waals surface area contributed by atoms with E-state index in [1.54, 1.807) is 11.8 Å². The SMILES string of the molecule is CCSCC(=S)NCc1cnc(C2=NOC(c3ccc(Br)c(Cl)c3)(C(F)(F)F)C2)cc1Cl. The van der Waals surface area contributed by atoms with Crippen LogP contribution in [0.15, 0.2) is 40.1 Å². The highest BCUT2D eigenvalue weighted by molar-refractivity contribution is 9.10. The maximum atomic E-state index is 14.1. The minimum absolute atomic E-state index is 0.0395. The average molecular weight is 587 g/mol. The van der Waals surface area contributed by atoms with Gasteiger partial charge in [0.2, 0.25) is 0 Å². The number of aromatic nitrogens is 1. The molecule has 1 aliphatic rings. The maximum absolute atomic E-state index is 14.1. The normalized spacial score (nSPS) is 18.3. The molecule has 1 unspecified atom stereocenters. The number of halogens is 6. The summed E-state index contributed by atoms with van der Waals surface area (Å²) >= 11 is 22.5. The number of rotatable bonds is 7. The van der Waals surface area contributed by atoms with Gasteiger partial charge in [-0.3, -0.25) is 4.98 Å². The predicted molar refractivity (Wildman–Crippen MR) is 131 cm³/mol. The Hall–Kier alpha value is -1.07. The molecule has 0 saturated carbocycles. The number of thioether (sulfide) groups is 1. The van der Waals surface area contributed by atoms with Gasteiger partial charge in [-0.1, -0.05) is 53.6 Å². The van der Waals surface area contributed by atoms with Crippen molar-refractivity contribution in [3.63, 3.8) is 0 Å². The second kappa shape index (κ2) is 10.5. The molecule has 172 valence electrons. The summed E-state index contributed by atoms with van der Waals surface area (Å²) in [6.45, 7) is 2.41. The van der Waals surface area contributed by atoms with Crippen LogP contribution in [-0.2, 0) is 17.0 Å². The molecule has 3 rings (SSSR count). The Kier molecular flexibility index (Phi) is 8.35. The largest absolute Gasteiger partial charge is 0.435 e. The highest BCUT2D eigenvalue weighted by Gasteiger charge is 2.62. The van der Waals surface area contributed by atoms with Crippen LogP contribution in [0.3, 0.4) is 0 Å². The average Bonchev–Trinajstić information content (AvgIpc) is 3.20. The molecule has 12 heteroatoms.